The van der Waals surface area contributed by atoms with Gasteiger partial charge in [-0.2, -0.15) is 0 Å². The highest BCUT2D eigenvalue weighted by atomic mass is 16.5. The summed E-state index contributed by atoms with van der Waals surface area (Å²) in [6.45, 7) is 3.47. The van der Waals surface area contributed by atoms with Gasteiger partial charge in [0, 0.05) is 54.5 Å². The van der Waals surface area contributed by atoms with E-state index in [4.69, 9.17) is 4.74 Å². The van der Waals surface area contributed by atoms with Crippen molar-refractivity contribution in [2.24, 2.45) is 7.05 Å². The second kappa shape index (κ2) is 7.02. The van der Waals surface area contributed by atoms with Gasteiger partial charge in [0.25, 0.3) is 5.91 Å². The number of piperidine rings is 1. The average molecular weight is 364 g/mol. The lowest BCUT2D eigenvalue weighted by atomic mass is 9.94. The molecule has 2 aromatic heterocycles. The van der Waals surface area contributed by atoms with E-state index in [0.29, 0.717) is 6.54 Å². The summed E-state index contributed by atoms with van der Waals surface area (Å²) >= 11 is 0. The Hall–Kier alpha value is -2.89. The second-order valence-electron chi connectivity index (χ2n) is 7.13. The number of hydrogen-bond donors (Lipinski definition) is 0. The zero-order valence-electron chi connectivity index (χ0n) is 16.0. The number of aromatic nitrogens is 3. The van der Waals surface area contributed by atoms with Crippen molar-refractivity contribution in [3.05, 3.63) is 53.7 Å². The Morgan fingerprint density at radius 2 is 2.15 bits per heavy atom. The zero-order valence-corrected chi connectivity index (χ0v) is 16.0. The lowest BCUT2D eigenvalue weighted by Crippen LogP contribution is -2.39. The summed E-state index contributed by atoms with van der Waals surface area (Å²) in [5.74, 6) is 1.11. The van der Waals surface area contributed by atoms with E-state index in [-0.39, 0.29) is 11.8 Å². The standard InChI is InChI=1S/C21H24N4O2/c1-14-20(17-11-16(27-3)6-7-19(17)24(14)2)21(26)25-10-4-5-15(12-25)18-8-9-22-13-23-18/h6-9,11,13,15H,4-5,10,12H2,1-3H3. The maximum atomic E-state index is 13.5. The van der Waals surface area contributed by atoms with E-state index in [1.807, 2.05) is 43.1 Å². The highest BCUT2D eigenvalue weighted by Crippen LogP contribution is 2.32. The van der Waals surface area contributed by atoms with Crippen molar-refractivity contribution in [2.45, 2.75) is 25.7 Å². The van der Waals surface area contributed by atoms with Crippen molar-refractivity contribution >= 4 is 16.8 Å². The number of rotatable bonds is 3. The number of carbonyl (C=O) groups is 1. The molecule has 6 nitrogen and oxygen atoms in total. The number of benzene rings is 1. The minimum atomic E-state index is 0.0881. The monoisotopic (exact) mass is 364 g/mol. The number of likely N-dealkylation sites (tertiary alicyclic amines) is 1. The van der Waals surface area contributed by atoms with E-state index in [2.05, 4.69) is 14.5 Å². The summed E-state index contributed by atoms with van der Waals surface area (Å²) in [4.78, 5) is 23.8. The van der Waals surface area contributed by atoms with Gasteiger partial charge >= 0.3 is 0 Å². The molecule has 0 aliphatic carbocycles. The molecule has 0 spiro atoms. The van der Waals surface area contributed by atoms with Crippen LogP contribution < -0.4 is 4.74 Å². The predicted molar refractivity (Wildman–Crippen MR) is 104 cm³/mol. The third kappa shape index (κ3) is 3.05. The first-order chi connectivity index (χ1) is 13.1. The molecule has 1 saturated heterocycles. The van der Waals surface area contributed by atoms with Gasteiger partial charge in [-0.15, -0.1) is 0 Å². The van der Waals surface area contributed by atoms with Gasteiger partial charge in [-0.1, -0.05) is 0 Å². The first-order valence-corrected chi connectivity index (χ1v) is 9.28. The molecule has 0 N–H and O–H groups in total. The molecule has 1 unspecified atom stereocenters. The molecule has 3 aromatic rings. The van der Waals surface area contributed by atoms with Gasteiger partial charge in [-0.25, -0.2) is 9.97 Å². The topological polar surface area (TPSA) is 60.2 Å². The van der Waals surface area contributed by atoms with E-state index < -0.39 is 0 Å². The van der Waals surface area contributed by atoms with Gasteiger partial charge in [0.15, 0.2) is 0 Å². The van der Waals surface area contributed by atoms with E-state index in [1.54, 1.807) is 19.6 Å². The fourth-order valence-electron chi connectivity index (χ4n) is 4.05. The van der Waals surface area contributed by atoms with Crippen molar-refractivity contribution in [1.82, 2.24) is 19.4 Å². The lowest BCUT2D eigenvalue weighted by molar-refractivity contribution is 0.0707. The Labute approximate surface area is 158 Å². The molecule has 140 valence electrons. The van der Waals surface area contributed by atoms with E-state index in [9.17, 15) is 4.79 Å². The van der Waals surface area contributed by atoms with Gasteiger partial charge in [0.1, 0.15) is 12.1 Å². The van der Waals surface area contributed by atoms with Crippen molar-refractivity contribution in [3.8, 4) is 5.75 Å². The number of nitrogens with zero attached hydrogens (tertiary/aromatic N) is 4. The molecule has 0 saturated carbocycles. The van der Waals surface area contributed by atoms with Gasteiger partial charge in [0.2, 0.25) is 0 Å². The molecular weight excluding hydrogens is 340 g/mol. The number of hydrogen-bond acceptors (Lipinski definition) is 4. The Morgan fingerprint density at radius 1 is 1.30 bits per heavy atom. The van der Waals surface area contributed by atoms with Crippen molar-refractivity contribution in [1.29, 1.82) is 0 Å². The smallest absolute Gasteiger partial charge is 0.256 e. The van der Waals surface area contributed by atoms with Crippen LogP contribution in [-0.4, -0.2) is 45.5 Å². The molecule has 1 amide bonds. The molecule has 1 aliphatic rings. The minimum absolute atomic E-state index is 0.0881. The number of aryl methyl sites for hydroxylation is 1. The van der Waals surface area contributed by atoms with Gasteiger partial charge in [0.05, 0.1) is 12.7 Å². The third-order valence-electron chi connectivity index (χ3n) is 5.64. The van der Waals surface area contributed by atoms with Crippen LogP contribution in [0.15, 0.2) is 36.8 Å². The summed E-state index contributed by atoms with van der Waals surface area (Å²) in [6, 6.07) is 7.86. The normalized spacial score (nSPS) is 17.3. The quantitative estimate of drug-likeness (QED) is 0.715. The van der Waals surface area contributed by atoms with Crippen LogP contribution in [0.5, 0.6) is 5.75 Å². The Morgan fingerprint density at radius 3 is 2.89 bits per heavy atom. The van der Waals surface area contributed by atoms with Crippen LogP contribution in [-0.2, 0) is 7.05 Å². The van der Waals surface area contributed by atoms with Crippen LogP contribution >= 0.6 is 0 Å². The largest absolute Gasteiger partial charge is 0.497 e. The number of fused-ring (bicyclic) bond motifs is 1. The molecule has 1 aromatic carbocycles. The van der Waals surface area contributed by atoms with Gasteiger partial charge < -0.3 is 14.2 Å². The molecule has 27 heavy (non-hydrogen) atoms. The Balaban J connectivity index is 1.69. The van der Waals surface area contributed by atoms with Crippen LogP contribution in [0.4, 0.5) is 0 Å². The third-order valence-corrected chi connectivity index (χ3v) is 5.64. The highest BCUT2D eigenvalue weighted by Gasteiger charge is 2.29. The summed E-state index contributed by atoms with van der Waals surface area (Å²) in [7, 11) is 3.65. The number of ether oxygens (including phenoxy) is 1. The SMILES string of the molecule is COc1ccc2c(c1)c(C(=O)N1CCCC(c3ccncn3)C1)c(C)n2C. The maximum Gasteiger partial charge on any atom is 0.256 e. The molecular formula is C21H24N4O2. The van der Waals surface area contributed by atoms with Crippen molar-refractivity contribution in [3.63, 3.8) is 0 Å². The van der Waals surface area contributed by atoms with Crippen LogP contribution in [0, 0.1) is 6.92 Å². The predicted octanol–water partition coefficient (Wildman–Crippen LogP) is 3.31. The van der Waals surface area contributed by atoms with Crippen molar-refractivity contribution < 1.29 is 9.53 Å². The van der Waals surface area contributed by atoms with Crippen LogP contribution in [0.3, 0.4) is 0 Å². The van der Waals surface area contributed by atoms with Crippen molar-refractivity contribution in [2.75, 3.05) is 20.2 Å². The van der Waals surface area contributed by atoms with E-state index in [0.717, 1.165) is 53.0 Å². The first-order valence-electron chi connectivity index (χ1n) is 9.28. The number of amides is 1. The first kappa shape index (κ1) is 17.5. The number of carbonyl (C=O) groups excluding carboxylic acids is 1. The minimum Gasteiger partial charge on any atom is -0.497 e. The molecule has 6 heteroatoms. The van der Waals surface area contributed by atoms with Gasteiger partial charge in [-0.3, -0.25) is 4.79 Å². The summed E-state index contributed by atoms with van der Waals surface area (Å²) in [5, 5.41) is 0.948. The van der Waals surface area contributed by atoms with E-state index >= 15 is 0 Å². The summed E-state index contributed by atoms with van der Waals surface area (Å²) < 4.78 is 7.46. The summed E-state index contributed by atoms with van der Waals surface area (Å²) in [5.41, 5.74) is 3.81. The molecule has 4 rings (SSSR count). The van der Waals surface area contributed by atoms with E-state index in [1.165, 1.54) is 0 Å². The van der Waals surface area contributed by atoms with Crippen LogP contribution in [0.25, 0.3) is 10.9 Å². The second-order valence-corrected chi connectivity index (χ2v) is 7.13. The van der Waals surface area contributed by atoms with Crippen LogP contribution in [0.1, 0.15) is 40.5 Å². The zero-order chi connectivity index (χ0) is 19.0. The maximum absolute atomic E-state index is 13.5. The van der Waals surface area contributed by atoms with Crippen LogP contribution in [0.2, 0.25) is 0 Å². The molecule has 0 radical (unpaired) electrons. The Kier molecular flexibility index (Phi) is 4.56. The molecule has 1 aliphatic heterocycles. The molecule has 3 heterocycles. The molecule has 0 bridgehead atoms. The molecule has 1 fully saturated rings. The highest BCUT2D eigenvalue weighted by molar-refractivity contribution is 6.08. The number of methoxy groups -OCH3 is 1. The van der Waals surface area contributed by atoms with Gasteiger partial charge in [-0.05, 0) is 44.0 Å². The fraction of sp³-hybridized carbons (Fsp3) is 0.381. The fourth-order valence-corrected chi connectivity index (χ4v) is 4.05. The lowest BCUT2D eigenvalue weighted by Gasteiger charge is -2.32. The summed E-state index contributed by atoms with van der Waals surface area (Å²) in [6.07, 6.45) is 5.37. The Bertz CT molecular complexity index is 981. The average Bonchev–Trinajstić information content (AvgIpc) is 2.98. The molecule has 1 atom stereocenters.